The normalized spacial score (nSPS) is 10.9. The van der Waals surface area contributed by atoms with Gasteiger partial charge in [0.2, 0.25) is 0 Å². The van der Waals surface area contributed by atoms with Crippen molar-refractivity contribution in [3.8, 4) is 11.4 Å². The summed E-state index contributed by atoms with van der Waals surface area (Å²) < 4.78 is 7.05. The van der Waals surface area contributed by atoms with Gasteiger partial charge in [-0.3, -0.25) is 0 Å². The molecule has 7 heteroatoms. The first kappa shape index (κ1) is 17.4. The molecular formula is C20H19N5OS. The molecule has 0 fully saturated rings. The van der Waals surface area contributed by atoms with E-state index in [0.717, 1.165) is 33.9 Å². The van der Waals surface area contributed by atoms with Crippen LogP contribution in [0.4, 0.5) is 5.82 Å². The maximum atomic E-state index is 5.21. The first-order chi connectivity index (χ1) is 13.3. The molecule has 136 valence electrons. The summed E-state index contributed by atoms with van der Waals surface area (Å²) in [5, 5.41) is 9.55. The number of aromatic nitrogens is 4. The molecule has 0 unspecified atom stereocenters. The molecule has 0 spiro atoms. The number of benzene rings is 2. The fourth-order valence-electron chi connectivity index (χ4n) is 2.80. The van der Waals surface area contributed by atoms with Crippen molar-refractivity contribution >= 4 is 28.6 Å². The van der Waals surface area contributed by atoms with Gasteiger partial charge in [0.1, 0.15) is 11.6 Å². The highest BCUT2D eigenvalue weighted by Gasteiger charge is 2.13. The molecule has 1 N–H and O–H groups in total. The number of fused-ring (bicyclic) bond motifs is 1. The van der Waals surface area contributed by atoms with Crippen molar-refractivity contribution < 1.29 is 4.74 Å². The van der Waals surface area contributed by atoms with E-state index in [2.05, 4.69) is 20.4 Å². The quantitative estimate of drug-likeness (QED) is 0.402. The highest BCUT2D eigenvalue weighted by atomic mass is 32.2. The molecule has 0 aliphatic carbocycles. The van der Waals surface area contributed by atoms with Crippen LogP contribution in [-0.2, 0) is 6.54 Å². The Balaban J connectivity index is 1.68. The van der Waals surface area contributed by atoms with E-state index >= 15 is 0 Å². The lowest BCUT2D eigenvalue weighted by atomic mass is 10.2. The highest BCUT2D eigenvalue weighted by Crippen LogP contribution is 2.26. The number of nitrogens with one attached hydrogen (secondary N) is 1. The van der Waals surface area contributed by atoms with Crippen molar-refractivity contribution in [2.24, 2.45) is 0 Å². The summed E-state index contributed by atoms with van der Waals surface area (Å²) in [6.07, 6.45) is 3.78. The van der Waals surface area contributed by atoms with Crippen molar-refractivity contribution in [1.82, 2.24) is 19.7 Å². The van der Waals surface area contributed by atoms with Crippen LogP contribution in [0.5, 0.6) is 5.75 Å². The van der Waals surface area contributed by atoms with E-state index in [1.807, 2.05) is 71.7 Å². The Bertz CT molecular complexity index is 1050. The Kier molecular flexibility index (Phi) is 4.93. The van der Waals surface area contributed by atoms with Crippen molar-refractivity contribution in [1.29, 1.82) is 0 Å². The average molecular weight is 377 g/mol. The highest BCUT2D eigenvalue weighted by molar-refractivity contribution is 7.98. The molecule has 0 aliphatic heterocycles. The maximum absolute atomic E-state index is 5.21. The van der Waals surface area contributed by atoms with E-state index in [0.29, 0.717) is 11.7 Å². The van der Waals surface area contributed by atoms with Gasteiger partial charge in [-0.2, -0.15) is 5.10 Å². The summed E-state index contributed by atoms with van der Waals surface area (Å²) in [5.41, 5.74) is 2.90. The van der Waals surface area contributed by atoms with Gasteiger partial charge in [-0.05, 0) is 36.1 Å². The van der Waals surface area contributed by atoms with E-state index in [1.54, 1.807) is 7.11 Å². The first-order valence-electron chi connectivity index (χ1n) is 8.50. The largest absolute Gasteiger partial charge is 0.497 e. The minimum atomic E-state index is 0.653. The van der Waals surface area contributed by atoms with Gasteiger partial charge in [0.15, 0.2) is 10.8 Å². The Morgan fingerprint density at radius 3 is 2.52 bits per heavy atom. The Hall–Kier alpha value is -3.06. The van der Waals surface area contributed by atoms with Crippen molar-refractivity contribution in [3.63, 3.8) is 0 Å². The molecule has 4 rings (SSSR count). The zero-order valence-electron chi connectivity index (χ0n) is 15.1. The Morgan fingerprint density at radius 1 is 1.04 bits per heavy atom. The predicted molar refractivity (Wildman–Crippen MR) is 109 cm³/mol. The van der Waals surface area contributed by atoms with Crippen LogP contribution in [0.25, 0.3) is 16.7 Å². The second-order valence-electron chi connectivity index (χ2n) is 5.89. The van der Waals surface area contributed by atoms with Gasteiger partial charge in [-0.15, -0.1) is 0 Å². The number of para-hydroxylation sites is 1. The predicted octanol–water partition coefficient (Wildman–Crippen LogP) is 4.16. The second kappa shape index (κ2) is 7.67. The van der Waals surface area contributed by atoms with Crippen molar-refractivity contribution in [2.45, 2.75) is 11.7 Å². The van der Waals surface area contributed by atoms with E-state index in [9.17, 15) is 0 Å². The lowest BCUT2D eigenvalue weighted by Crippen LogP contribution is -2.05. The summed E-state index contributed by atoms with van der Waals surface area (Å²) in [6.45, 7) is 0.653. The van der Waals surface area contributed by atoms with Gasteiger partial charge in [0, 0.05) is 6.54 Å². The van der Waals surface area contributed by atoms with Crippen LogP contribution in [0.3, 0.4) is 0 Å². The molecule has 0 aliphatic rings. The third-order valence-corrected chi connectivity index (χ3v) is 4.76. The number of rotatable bonds is 6. The molecule has 6 nitrogen and oxygen atoms in total. The molecule has 0 amide bonds. The van der Waals surface area contributed by atoms with Crippen molar-refractivity contribution in [3.05, 3.63) is 66.4 Å². The minimum Gasteiger partial charge on any atom is -0.497 e. The monoisotopic (exact) mass is 377 g/mol. The summed E-state index contributed by atoms with van der Waals surface area (Å²) >= 11 is 1.51. The molecule has 0 bridgehead atoms. The summed E-state index contributed by atoms with van der Waals surface area (Å²) in [4.78, 5) is 9.30. The number of anilines is 1. The van der Waals surface area contributed by atoms with Crippen molar-refractivity contribution in [2.75, 3.05) is 18.7 Å². The van der Waals surface area contributed by atoms with Gasteiger partial charge >= 0.3 is 0 Å². The molecule has 27 heavy (non-hydrogen) atoms. The number of hydrogen-bond donors (Lipinski definition) is 1. The summed E-state index contributed by atoms with van der Waals surface area (Å²) in [5.74, 6) is 1.62. The zero-order chi connectivity index (χ0) is 18.6. The lowest BCUT2D eigenvalue weighted by Gasteiger charge is -2.09. The molecule has 0 atom stereocenters. The van der Waals surface area contributed by atoms with Gasteiger partial charge in [-0.25, -0.2) is 14.6 Å². The van der Waals surface area contributed by atoms with E-state index in [4.69, 9.17) is 4.74 Å². The summed E-state index contributed by atoms with van der Waals surface area (Å²) in [6, 6.07) is 18.0. The second-order valence-corrected chi connectivity index (χ2v) is 6.66. The summed E-state index contributed by atoms with van der Waals surface area (Å²) in [7, 11) is 1.67. The van der Waals surface area contributed by atoms with Crippen LogP contribution in [0.1, 0.15) is 5.56 Å². The molecule has 2 aromatic carbocycles. The minimum absolute atomic E-state index is 0.653. The van der Waals surface area contributed by atoms with E-state index in [1.165, 1.54) is 11.8 Å². The van der Waals surface area contributed by atoms with Crippen LogP contribution in [0.2, 0.25) is 0 Å². The first-order valence-corrected chi connectivity index (χ1v) is 9.73. The molecule has 2 aromatic heterocycles. The number of methoxy groups -OCH3 is 1. The standard InChI is InChI=1S/C20H19N5OS/c1-26-16-10-8-14(9-11-16)12-21-18-17-13-22-25(15-6-4-3-5-7-15)19(17)24-20(23-18)27-2/h3-11,13H,12H2,1-2H3,(H,21,23,24). The number of ether oxygens (including phenoxy) is 1. The fraction of sp³-hybridized carbons (Fsp3) is 0.150. The molecule has 0 radical (unpaired) electrons. The topological polar surface area (TPSA) is 64.9 Å². The fourth-order valence-corrected chi connectivity index (χ4v) is 3.16. The molecule has 0 saturated carbocycles. The Morgan fingerprint density at radius 2 is 1.81 bits per heavy atom. The van der Waals surface area contributed by atoms with Crippen LogP contribution < -0.4 is 10.1 Å². The van der Waals surface area contributed by atoms with E-state index in [-0.39, 0.29) is 0 Å². The molecular weight excluding hydrogens is 358 g/mol. The SMILES string of the molecule is COc1ccc(CNc2nc(SC)nc3c2cnn3-c2ccccc2)cc1. The average Bonchev–Trinajstić information content (AvgIpc) is 3.17. The van der Waals surface area contributed by atoms with Crippen LogP contribution in [-0.4, -0.2) is 33.1 Å². The molecule has 4 aromatic rings. The molecule has 2 heterocycles. The van der Waals surface area contributed by atoms with Crippen LogP contribution >= 0.6 is 11.8 Å². The van der Waals surface area contributed by atoms with Crippen LogP contribution in [0, 0.1) is 0 Å². The van der Waals surface area contributed by atoms with Gasteiger partial charge in [0.25, 0.3) is 0 Å². The molecule has 0 saturated heterocycles. The van der Waals surface area contributed by atoms with E-state index < -0.39 is 0 Å². The number of hydrogen-bond acceptors (Lipinski definition) is 6. The van der Waals surface area contributed by atoms with Gasteiger partial charge < -0.3 is 10.1 Å². The van der Waals surface area contributed by atoms with Gasteiger partial charge in [0.05, 0.1) is 24.4 Å². The lowest BCUT2D eigenvalue weighted by molar-refractivity contribution is 0.414. The third-order valence-electron chi connectivity index (χ3n) is 4.21. The number of thioether (sulfide) groups is 1. The maximum Gasteiger partial charge on any atom is 0.191 e. The third kappa shape index (κ3) is 3.59. The van der Waals surface area contributed by atoms with Crippen LogP contribution in [0.15, 0.2) is 66.0 Å². The zero-order valence-corrected chi connectivity index (χ0v) is 15.9. The smallest absolute Gasteiger partial charge is 0.191 e. The Labute approximate surface area is 161 Å². The number of nitrogens with zero attached hydrogens (tertiary/aromatic N) is 4. The van der Waals surface area contributed by atoms with Gasteiger partial charge in [-0.1, -0.05) is 42.1 Å².